The number of halogens is 1. The minimum Gasteiger partial charge on any atom is -0.381 e. The molecule has 1 aromatic carbocycles. The van der Waals surface area contributed by atoms with Crippen LogP contribution in [0.5, 0.6) is 0 Å². The van der Waals surface area contributed by atoms with Gasteiger partial charge < -0.3 is 5.32 Å². The Morgan fingerprint density at radius 2 is 1.95 bits per heavy atom. The van der Waals surface area contributed by atoms with Gasteiger partial charge in [0, 0.05) is 6.04 Å². The van der Waals surface area contributed by atoms with E-state index in [1.165, 1.54) is 37.8 Å². The molecule has 6 heteroatoms. The topological polar surface area (TPSA) is 72.2 Å². The molecule has 0 aromatic heterocycles. The number of hydrogen-bond donors (Lipinski definition) is 2. The summed E-state index contributed by atoms with van der Waals surface area (Å²) in [6.45, 7) is 2.23. The standard InChI is InChI=1S/C15H23ClN2O2S/c1-2-3-11-4-6-12(7-5-11)18-15-10-13(21(17,19)20)8-9-14(15)16/h8-12,18H,2-7H2,1H3,(H2,17,19,20). The lowest BCUT2D eigenvalue weighted by molar-refractivity contribution is 0.319. The molecule has 1 aliphatic carbocycles. The summed E-state index contributed by atoms with van der Waals surface area (Å²) in [6, 6.07) is 4.88. The number of anilines is 1. The van der Waals surface area contributed by atoms with Crippen molar-refractivity contribution in [1.82, 2.24) is 0 Å². The third-order valence-corrected chi connectivity index (χ3v) is 5.41. The van der Waals surface area contributed by atoms with Crippen molar-refractivity contribution in [3.63, 3.8) is 0 Å². The fraction of sp³-hybridized carbons (Fsp3) is 0.600. The van der Waals surface area contributed by atoms with Crippen LogP contribution >= 0.6 is 11.6 Å². The molecule has 4 nitrogen and oxygen atoms in total. The summed E-state index contributed by atoms with van der Waals surface area (Å²) in [5.41, 5.74) is 0.655. The fourth-order valence-electron chi connectivity index (χ4n) is 3.02. The predicted molar refractivity (Wildman–Crippen MR) is 87.1 cm³/mol. The van der Waals surface area contributed by atoms with E-state index >= 15 is 0 Å². The summed E-state index contributed by atoms with van der Waals surface area (Å²) in [4.78, 5) is 0.0917. The Labute approximate surface area is 132 Å². The average molecular weight is 331 g/mol. The van der Waals surface area contributed by atoms with Crippen molar-refractivity contribution in [2.45, 2.75) is 56.4 Å². The molecule has 0 spiro atoms. The van der Waals surface area contributed by atoms with E-state index in [1.807, 2.05) is 0 Å². The predicted octanol–water partition coefficient (Wildman–Crippen LogP) is 3.76. The minimum atomic E-state index is -3.70. The van der Waals surface area contributed by atoms with Crippen molar-refractivity contribution in [3.8, 4) is 0 Å². The van der Waals surface area contributed by atoms with E-state index < -0.39 is 10.0 Å². The first-order chi connectivity index (χ1) is 9.90. The summed E-state index contributed by atoms with van der Waals surface area (Å²) in [7, 11) is -3.70. The number of sulfonamides is 1. The first-order valence-corrected chi connectivity index (χ1v) is 9.41. The van der Waals surface area contributed by atoms with Crippen LogP contribution in [0.3, 0.4) is 0 Å². The second-order valence-electron chi connectivity index (χ2n) is 5.84. The van der Waals surface area contributed by atoms with Gasteiger partial charge in [0.05, 0.1) is 15.6 Å². The minimum absolute atomic E-state index is 0.0917. The molecule has 0 aliphatic heterocycles. The van der Waals surface area contributed by atoms with Crippen LogP contribution in [0.2, 0.25) is 5.02 Å². The van der Waals surface area contributed by atoms with Gasteiger partial charge in [-0.3, -0.25) is 0 Å². The van der Waals surface area contributed by atoms with Crippen molar-refractivity contribution in [1.29, 1.82) is 0 Å². The number of nitrogens with two attached hydrogens (primary N) is 1. The van der Waals surface area contributed by atoms with Crippen LogP contribution in [0.1, 0.15) is 45.4 Å². The molecule has 21 heavy (non-hydrogen) atoms. The molecule has 0 atom stereocenters. The van der Waals surface area contributed by atoms with Crippen LogP contribution in [-0.2, 0) is 10.0 Å². The SMILES string of the molecule is CCCC1CCC(Nc2cc(S(N)(=O)=O)ccc2Cl)CC1. The van der Waals surface area contributed by atoms with Crippen LogP contribution in [0.25, 0.3) is 0 Å². The summed E-state index contributed by atoms with van der Waals surface area (Å²) >= 11 is 6.15. The maximum Gasteiger partial charge on any atom is 0.238 e. The van der Waals surface area contributed by atoms with E-state index in [9.17, 15) is 8.42 Å². The monoisotopic (exact) mass is 330 g/mol. The maximum atomic E-state index is 11.4. The van der Waals surface area contributed by atoms with Crippen LogP contribution in [-0.4, -0.2) is 14.5 Å². The normalized spacial score (nSPS) is 23.0. The fourth-order valence-corrected chi connectivity index (χ4v) is 3.73. The van der Waals surface area contributed by atoms with E-state index in [2.05, 4.69) is 12.2 Å². The highest BCUT2D eigenvalue weighted by Crippen LogP contribution is 2.32. The third-order valence-electron chi connectivity index (χ3n) is 4.17. The van der Waals surface area contributed by atoms with E-state index in [1.54, 1.807) is 6.07 Å². The Morgan fingerprint density at radius 1 is 1.29 bits per heavy atom. The molecule has 1 fully saturated rings. The maximum absolute atomic E-state index is 11.4. The van der Waals surface area contributed by atoms with Gasteiger partial charge in [-0.25, -0.2) is 13.6 Å². The van der Waals surface area contributed by atoms with Crippen molar-refractivity contribution in [2.75, 3.05) is 5.32 Å². The molecular formula is C15H23ClN2O2S. The zero-order valence-electron chi connectivity index (χ0n) is 12.3. The molecule has 1 saturated carbocycles. The summed E-state index contributed by atoms with van der Waals surface area (Å²) in [6.07, 6.45) is 7.18. The van der Waals surface area contributed by atoms with E-state index in [4.69, 9.17) is 16.7 Å². The van der Waals surface area contributed by atoms with Crippen molar-refractivity contribution < 1.29 is 8.42 Å². The Kier molecular flexibility index (Phi) is 5.52. The van der Waals surface area contributed by atoms with Crippen LogP contribution in [0.15, 0.2) is 23.1 Å². The van der Waals surface area contributed by atoms with Gasteiger partial charge in [-0.15, -0.1) is 0 Å². The van der Waals surface area contributed by atoms with E-state index in [0.717, 1.165) is 18.8 Å². The zero-order valence-corrected chi connectivity index (χ0v) is 13.9. The van der Waals surface area contributed by atoms with E-state index in [-0.39, 0.29) is 4.90 Å². The largest absolute Gasteiger partial charge is 0.381 e. The van der Waals surface area contributed by atoms with Gasteiger partial charge in [0.1, 0.15) is 0 Å². The highest BCUT2D eigenvalue weighted by Gasteiger charge is 2.21. The summed E-state index contributed by atoms with van der Waals surface area (Å²) in [5, 5.41) is 9.06. The van der Waals surface area contributed by atoms with Crippen molar-refractivity contribution in [3.05, 3.63) is 23.2 Å². The lowest BCUT2D eigenvalue weighted by atomic mass is 9.83. The molecule has 3 N–H and O–H groups in total. The first-order valence-electron chi connectivity index (χ1n) is 7.49. The second kappa shape index (κ2) is 6.99. The van der Waals surface area contributed by atoms with Crippen LogP contribution in [0.4, 0.5) is 5.69 Å². The molecule has 118 valence electrons. The number of nitrogens with one attached hydrogen (secondary N) is 1. The van der Waals surface area contributed by atoms with Crippen molar-refractivity contribution in [2.24, 2.45) is 11.1 Å². The second-order valence-corrected chi connectivity index (χ2v) is 7.81. The smallest absolute Gasteiger partial charge is 0.238 e. The lowest BCUT2D eigenvalue weighted by Crippen LogP contribution is -2.26. The molecule has 1 aromatic rings. The van der Waals surface area contributed by atoms with Crippen molar-refractivity contribution >= 4 is 27.3 Å². The highest BCUT2D eigenvalue weighted by atomic mass is 35.5. The molecule has 1 aliphatic rings. The van der Waals surface area contributed by atoms with Gasteiger partial charge in [-0.2, -0.15) is 0 Å². The Morgan fingerprint density at radius 3 is 2.52 bits per heavy atom. The summed E-state index contributed by atoms with van der Waals surface area (Å²) in [5.74, 6) is 0.833. The molecule has 0 bridgehead atoms. The van der Waals surface area contributed by atoms with Gasteiger partial charge in [0.2, 0.25) is 10.0 Å². The molecule has 0 amide bonds. The summed E-state index contributed by atoms with van der Waals surface area (Å²) < 4.78 is 22.8. The van der Waals surface area contributed by atoms with E-state index in [0.29, 0.717) is 16.8 Å². The van der Waals surface area contributed by atoms with Gasteiger partial charge >= 0.3 is 0 Å². The highest BCUT2D eigenvalue weighted by molar-refractivity contribution is 7.89. The Balaban J connectivity index is 2.03. The molecule has 2 rings (SSSR count). The van der Waals surface area contributed by atoms with Gasteiger partial charge in [0.15, 0.2) is 0 Å². The zero-order chi connectivity index (χ0) is 15.5. The number of rotatable bonds is 5. The lowest BCUT2D eigenvalue weighted by Gasteiger charge is -2.30. The molecule has 0 unspecified atom stereocenters. The number of hydrogen-bond acceptors (Lipinski definition) is 3. The Hall–Kier alpha value is -0.780. The first kappa shape index (κ1) is 16.6. The number of primary sulfonamides is 1. The van der Waals surface area contributed by atoms with Gasteiger partial charge in [0.25, 0.3) is 0 Å². The quantitative estimate of drug-likeness (QED) is 0.863. The molecule has 0 saturated heterocycles. The van der Waals surface area contributed by atoms with Crippen LogP contribution in [0, 0.1) is 5.92 Å². The van der Waals surface area contributed by atoms with Gasteiger partial charge in [-0.05, 0) is 49.8 Å². The molecule has 0 radical (unpaired) electrons. The Bertz CT molecular complexity index is 581. The average Bonchev–Trinajstić information content (AvgIpc) is 2.42. The van der Waals surface area contributed by atoms with Crippen LogP contribution < -0.4 is 10.5 Å². The number of benzene rings is 1. The molecular weight excluding hydrogens is 308 g/mol. The third kappa shape index (κ3) is 4.59. The molecule has 0 heterocycles. The van der Waals surface area contributed by atoms with Gasteiger partial charge in [-0.1, -0.05) is 31.4 Å².